The Morgan fingerprint density at radius 3 is 2.61 bits per heavy atom. The van der Waals surface area contributed by atoms with E-state index in [1.54, 1.807) is 39.5 Å². The van der Waals surface area contributed by atoms with Crippen LogP contribution >= 0.6 is 0 Å². The number of hydrogen-bond acceptors (Lipinski definition) is 3. The van der Waals surface area contributed by atoms with Gasteiger partial charge in [0, 0.05) is 41.7 Å². The molecule has 2 heterocycles. The average Bonchev–Trinajstić information content (AvgIpc) is 3.20. The highest BCUT2D eigenvalue weighted by molar-refractivity contribution is 5.94. The molecule has 1 N–H and O–H groups in total. The quantitative estimate of drug-likeness (QED) is 0.507. The lowest BCUT2D eigenvalue weighted by Crippen LogP contribution is -2.24. The van der Waals surface area contributed by atoms with Crippen LogP contribution in [0, 0.1) is 11.6 Å². The minimum atomic E-state index is -0.701. The zero-order valence-electron chi connectivity index (χ0n) is 17.9. The van der Waals surface area contributed by atoms with Crippen molar-refractivity contribution in [3.8, 4) is 0 Å². The van der Waals surface area contributed by atoms with Gasteiger partial charge >= 0.3 is 0 Å². The van der Waals surface area contributed by atoms with Crippen molar-refractivity contribution in [2.75, 3.05) is 0 Å². The molecule has 5 rings (SSSR count). The minimum absolute atomic E-state index is 0.0439. The molecule has 0 saturated carbocycles. The Morgan fingerprint density at radius 2 is 1.82 bits per heavy atom. The highest BCUT2D eigenvalue weighted by atomic mass is 19.1. The Hall–Kier alpha value is -3.81. The lowest BCUT2D eigenvalue weighted by Gasteiger charge is -2.10. The molecule has 1 aliphatic rings. The number of aryl methyl sites for hydroxylation is 2. The molecule has 6 nitrogen and oxygen atoms in total. The fraction of sp³-hybridized carbons (Fsp3) is 0.240. The fourth-order valence-corrected chi connectivity index (χ4v) is 4.28. The molecule has 1 amide bonds. The minimum Gasteiger partial charge on any atom is -0.348 e. The van der Waals surface area contributed by atoms with Crippen molar-refractivity contribution in [1.82, 2.24) is 19.5 Å². The molecular weight excluding hydrogens is 426 g/mol. The SMILES string of the molecule is O=C(NCc1ccc(F)cc1F)c1ccc(Cn2ccn3nc4c(c3c2=O)CCCC4)cc1. The molecule has 0 spiro atoms. The van der Waals surface area contributed by atoms with E-state index in [1.807, 2.05) is 6.20 Å². The van der Waals surface area contributed by atoms with Crippen molar-refractivity contribution in [1.29, 1.82) is 0 Å². The first-order chi connectivity index (χ1) is 16.0. The van der Waals surface area contributed by atoms with E-state index < -0.39 is 11.6 Å². The van der Waals surface area contributed by atoms with Crippen molar-refractivity contribution in [2.24, 2.45) is 0 Å². The maximum absolute atomic E-state index is 13.7. The standard InChI is InChI=1S/C25H22F2N4O2/c26-19-10-9-18(21(27)13-19)14-28-24(32)17-7-5-16(6-8-17)15-30-11-12-31-23(25(30)33)20-3-1-2-4-22(20)29-31/h5-13H,1-4,14-15H2,(H,28,32). The summed E-state index contributed by atoms with van der Waals surface area (Å²) in [6.07, 6.45) is 7.50. The Bertz CT molecular complexity index is 1410. The number of aromatic nitrogens is 3. The van der Waals surface area contributed by atoms with Gasteiger partial charge in [-0.2, -0.15) is 5.10 Å². The Balaban J connectivity index is 1.30. The first-order valence-electron chi connectivity index (χ1n) is 10.9. The van der Waals surface area contributed by atoms with Crippen molar-refractivity contribution in [2.45, 2.75) is 38.8 Å². The van der Waals surface area contributed by atoms with E-state index in [0.717, 1.165) is 54.6 Å². The van der Waals surface area contributed by atoms with Crippen molar-refractivity contribution in [3.63, 3.8) is 0 Å². The Morgan fingerprint density at radius 1 is 1.03 bits per heavy atom. The van der Waals surface area contributed by atoms with Gasteiger partial charge in [-0.25, -0.2) is 13.3 Å². The zero-order valence-corrected chi connectivity index (χ0v) is 17.9. The van der Waals surface area contributed by atoms with Crippen molar-refractivity contribution >= 4 is 11.4 Å². The number of fused-ring (bicyclic) bond motifs is 3. The third kappa shape index (κ3) is 4.16. The molecule has 2 aromatic carbocycles. The molecule has 0 unspecified atom stereocenters. The van der Waals surface area contributed by atoms with E-state index >= 15 is 0 Å². The monoisotopic (exact) mass is 448 g/mol. The van der Waals surface area contributed by atoms with E-state index in [2.05, 4.69) is 10.4 Å². The summed E-state index contributed by atoms with van der Waals surface area (Å²) in [5.74, 6) is -1.73. The lowest BCUT2D eigenvalue weighted by atomic mass is 9.97. The normalized spacial score (nSPS) is 13.2. The summed E-state index contributed by atoms with van der Waals surface area (Å²) in [7, 11) is 0. The highest BCUT2D eigenvalue weighted by Gasteiger charge is 2.19. The second-order valence-electron chi connectivity index (χ2n) is 8.27. The predicted molar refractivity (Wildman–Crippen MR) is 119 cm³/mol. The fourth-order valence-electron chi connectivity index (χ4n) is 4.28. The van der Waals surface area contributed by atoms with Gasteiger partial charge < -0.3 is 9.88 Å². The Kier molecular flexibility index (Phi) is 5.50. The van der Waals surface area contributed by atoms with Crippen LogP contribution in [0.2, 0.25) is 0 Å². The molecule has 2 aromatic heterocycles. The maximum atomic E-state index is 13.7. The second kappa shape index (κ2) is 8.61. The van der Waals surface area contributed by atoms with E-state index in [0.29, 0.717) is 17.6 Å². The van der Waals surface area contributed by atoms with Gasteiger partial charge in [0.15, 0.2) is 0 Å². The number of halogens is 2. The van der Waals surface area contributed by atoms with Gasteiger partial charge in [0.1, 0.15) is 17.2 Å². The summed E-state index contributed by atoms with van der Waals surface area (Å²) in [4.78, 5) is 25.5. The second-order valence-corrected chi connectivity index (χ2v) is 8.27. The van der Waals surface area contributed by atoms with Gasteiger partial charge in [-0.15, -0.1) is 0 Å². The lowest BCUT2D eigenvalue weighted by molar-refractivity contribution is 0.0950. The van der Waals surface area contributed by atoms with E-state index in [9.17, 15) is 18.4 Å². The topological polar surface area (TPSA) is 68.4 Å². The number of benzene rings is 2. The van der Waals surface area contributed by atoms with Crippen LogP contribution in [0.15, 0.2) is 59.7 Å². The van der Waals surface area contributed by atoms with Crippen LogP contribution in [-0.4, -0.2) is 20.1 Å². The summed E-state index contributed by atoms with van der Waals surface area (Å²) in [6.45, 7) is 0.329. The molecule has 0 bridgehead atoms. The molecule has 33 heavy (non-hydrogen) atoms. The number of hydrogen-bond donors (Lipinski definition) is 1. The van der Waals surface area contributed by atoms with Crippen molar-refractivity contribution in [3.05, 3.63) is 105 Å². The van der Waals surface area contributed by atoms with E-state index in [1.165, 1.54) is 6.07 Å². The molecule has 8 heteroatoms. The molecule has 1 aliphatic carbocycles. The molecule has 0 aliphatic heterocycles. The van der Waals surface area contributed by atoms with Crippen LogP contribution in [0.5, 0.6) is 0 Å². The van der Waals surface area contributed by atoms with Crippen LogP contribution in [-0.2, 0) is 25.9 Å². The predicted octanol–water partition coefficient (Wildman–Crippen LogP) is 3.63. The van der Waals surface area contributed by atoms with Crippen LogP contribution in [0.3, 0.4) is 0 Å². The van der Waals surface area contributed by atoms with Crippen LogP contribution < -0.4 is 10.9 Å². The first-order valence-corrected chi connectivity index (χ1v) is 10.9. The summed E-state index contributed by atoms with van der Waals surface area (Å²) >= 11 is 0. The van der Waals surface area contributed by atoms with Crippen LogP contribution in [0.1, 0.15) is 45.6 Å². The summed E-state index contributed by atoms with van der Waals surface area (Å²) < 4.78 is 30.1. The van der Waals surface area contributed by atoms with Gasteiger partial charge in [-0.05, 0) is 49.4 Å². The number of carbonyl (C=O) groups is 1. The third-order valence-corrected chi connectivity index (χ3v) is 6.06. The van der Waals surface area contributed by atoms with Gasteiger partial charge in [0.05, 0.1) is 12.2 Å². The number of rotatable bonds is 5. The number of nitrogens with one attached hydrogen (secondary N) is 1. The number of nitrogens with zero attached hydrogens (tertiary/aromatic N) is 3. The number of amides is 1. The van der Waals surface area contributed by atoms with Gasteiger partial charge in [-0.1, -0.05) is 18.2 Å². The Labute approximate surface area is 188 Å². The summed E-state index contributed by atoms with van der Waals surface area (Å²) in [5, 5.41) is 7.19. The number of carbonyl (C=O) groups excluding carboxylic acids is 1. The average molecular weight is 448 g/mol. The zero-order chi connectivity index (χ0) is 22.9. The van der Waals surface area contributed by atoms with Gasteiger partial charge in [0.2, 0.25) is 0 Å². The molecule has 0 atom stereocenters. The summed E-state index contributed by atoms with van der Waals surface area (Å²) in [5.41, 5.74) is 4.15. The van der Waals surface area contributed by atoms with Crippen molar-refractivity contribution < 1.29 is 13.6 Å². The molecular formula is C25H22F2N4O2. The smallest absolute Gasteiger partial charge is 0.277 e. The molecule has 0 fully saturated rings. The summed E-state index contributed by atoms with van der Waals surface area (Å²) in [6, 6.07) is 10.1. The molecule has 0 radical (unpaired) electrons. The van der Waals surface area contributed by atoms with Crippen LogP contribution in [0.4, 0.5) is 8.78 Å². The first kappa shape index (κ1) is 21.1. The molecule has 168 valence electrons. The van der Waals surface area contributed by atoms with Gasteiger partial charge in [0.25, 0.3) is 11.5 Å². The molecule has 4 aromatic rings. The highest BCUT2D eigenvalue weighted by Crippen LogP contribution is 2.22. The van der Waals surface area contributed by atoms with Crippen LogP contribution in [0.25, 0.3) is 5.52 Å². The van der Waals surface area contributed by atoms with Gasteiger partial charge in [-0.3, -0.25) is 9.59 Å². The van der Waals surface area contributed by atoms with E-state index in [4.69, 9.17) is 0 Å². The van der Waals surface area contributed by atoms with E-state index in [-0.39, 0.29) is 23.6 Å². The molecule has 0 saturated heterocycles. The maximum Gasteiger partial charge on any atom is 0.277 e. The third-order valence-electron chi connectivity index (χ3n) is 6.06. The largest absolute Gasteiger partial charge is 0.348 e.